The number of thiophene rings is 1. The molecule has 9 nitrogen and oxygen atoms in total. The second-order valence-corrected chi connectivity index (χ2v) is 11.6. The van der Waals surface area contributed by atoms with Crippen LogP contribution in [0.1, 0.15) is 52.7 Å². The number of aromatic nitrogens is 3. The zero-order valence-corrected chi connectivity index (χ0v) is 22.1. The first-order valence-corrected chi connectivity index (χ1v) is 14.3. The van der Waals surface area contributed by atoms with E-state index >= 15 is 0 Å². The number of ether oxygens (including phenoxy) is 2. The average Bonchev–Trinajstić information content (AvgIpc) is 3.68. The first-order chi connectivity index (χ1) is 18.6. The molecule has 2 amide bonds. The Morgan fingerprint density at radius 1 is 1.16 bits per heavy atom. The first kappa shape index (κ1) is 25.2. The molecule has 0 aliphatic carbocycles. The molecule has 3 aromatic rings. The monoisotopic (exact) mass is 535 g/mol. The third kappa shape index (κ3) is 5.52. The predicted octanol–water partition coefficient (Wildman–Crippen LogP) is 3.24. The lowest BCUT2D eigenvalue weighted by molar-refractivity contribution is -0.139. The maximum absolute atomic E-state index is 13.4. The summed E-state index contributed by atoms with van der Waals surface area (Å²) in [6.45, 7) is 3.46. The van der Waals surface area contributed by atoms with E-state index in [-0.39, 0.29) is 23.5 Å². The smallest absolute Gasteiger partial charge is 0.262 e. The minimum atomic E-state index is -0.711. The van der Waals surface area contributed by atoms with Gasteiger partial charge in [-0.1, -0.05) is 41.6 Å². The van der Waals surface area contributed by atoms with Gasteiger partial charge in [0, 0.05) is 32.3 Å². The van der Waals surface area contributed by atoms with Crippen molar-refractivity contribution in [2.24, 2.45) is 5.92 Å². The fourth-order valence-electron chi connectivity index (χ4n) is 5.76. The van der Waals surface area contributed by atoms with Crippen LogP contribution in [0.25, 0.3) is 0 Å². The molecule has 2 aromatic heterocycles. The molecule has 200 valence electrons. The van der Waals surface area contributed by atoms with Gasteiger partial charge >= 0.3 is 0 Å². The van der Waals surface area contributed by atoms with Crippen molar-refractivity contribution in [1.82, 2.24) is 25.2 Å². The third-order valence-corrected chi connectivity index (χ3v) is 8.65. The highest BCUT2D eigenvalue weighted by molar-refractivity contribution is 7.12. The maximum Gasteiger partial charge on any atom is 0.262 e. The molecule has 38 heavy (non-hydrogen) atoms. The molecule has 3 unspecified atom stereocenters. The third-order valence-electron chi connectivity index (χ3n) is 7.79. The molecule has 3 saturated heterocycles. The van der Waals surface area contributed by atoms with Crippen LogP contribution < -0.4 is 5.32 Å². The fraction of sp³-hybridized carbons (Fsp3) is 0.500. The van der Waals surface area contributed by atoms with Crippen molar-refractivity contribution in [1.29, 1.82) is 0 Å². The minimum Gasteiger partial charge on any atom is -0.378 e. The van der Waals surface area contributed by atoms with E-state index in [9.17, 15) is 9.59 Å². The second kappa shape index (κ2) is 11.0. The van der Waals surface area contributed by atoms with E-state index < -0.39 is 6.04 Å². The Balaban J connectivity index is 1.02. The van der Waals surface area contributed by atoms with E-state index in [4.69, 9.17) is 9.47 Å². The highest BCUT2D eigenvalue weighted by Gasteiger charge is 2.41. The van der Waals surface area contributed by atoms with Gasteiger partial charge in [0.2, 0.25) is 5.91 Å². The molecule has 0 bridgehead atoms. The summed E-state index contributed by atoms with van der Waals surface area (Å²) in [5.74, 6) is 0.00264. The van der Waals surface area contributed by atoms with Crippen molar-refractivity contribution < 1.29 is 19.1 Å². The number of nitrogens with one attached hydrogen (secondary N) is 1. The van der Waals surface area contributed by atoms with Crippen molar-refractivity contribution in [2.75, 3.05) is 26.3 Å². The summed E-state index contributed by atoms with van der Waals surface area (Å²) in [4.78, 5) is 28.6. The van der Waals surface area contributed by atoms with Crippen LogP contribution in [0, 0.1) is 5.92 Å². The van der Waals surface area contributed by atoms with Gasteiger partial charge in [-0.15, -0.1) is 16.4 Å². The summed E-state index contributed by atoms with van der Waals surface area (Å²) in [7, 11) is 0. The topological polar surface area (TPSA) is 98.6 Å². The zero-order chi connectivity index (χ0) is 26.0. The van der Waals surface area contributed by atoms with Crippen LogP contribution in [0.4, 0.5) is 0 Å². The largest absolute Gasteiger partial charge is 0.378 e. The second-order valence-electron chi connectivity index (χ2n) is 10.7. The SMILES string of the molecule is O=C(NC(C(=O)N1CC(Cc2cn(CC3CCCC4(CCOC4)O3)nn2)C1)c1ccccc1)c1cccs1. The quantitative estimate of drug-likeness (QED) is 0.476. The van der Waals surface area contributed by atoms with Crippen molar-refractivity contribution in [3.05, 3.63) is 70.2 Å². The molecule has 1 aromatic carbocycles. The van der Waals surface area contributed by atoms with Gasteiger partial charge in [0.25, 0.3) is 5.91 Å². The van der Waals surface area contributed by atoms with Crippen LogP contribution in [0.2, 0.25) is 0 Å². The van der Waals surface area contributed by atoms with E-state index in [1.807, 2.05) is 57.6 Å². The average molecular weight is 536 g/mol. The molecular weight excluding hydrogens is 502 g/mol. The highest BCUT2D eigenvalue weighted by atomic mass is 32.1. The molecule has 1 spiro atoms. The highest BCUT2D eigenvalue weighted by Crippen LogP contribution is 2.36. The lowest BCUT2D eigenvalue weighted by atomic mass is 9.91. The summed E-state index contributed by atoms with van der Waals surface area (Å²) in [6.07, 6.45) is 7.15. The number of hydrogen-bond acceptors (Lipinski definition) is 7. The summed E-state index contributed by atoms with van der Waals surface area (Å²) >= 11 is 1.36. The number of nitrogens with zero attached hydrogens (tertiary/aromatic N) is 4. The standard InChI is InChI=1S/C28H33N5O4S/c34-26(24-9-5-13-38-24)29-25(21-6-2-1-3-7-21)27(35)32-15-20(16-32)14-22-17-33(31-30-22)18-23-8-4-10-28(37-23)11-12-36-19-28/h1-3,5-7,9,13,17,20,23,25H,4,8,10-12,14-16,18-19H2,(H,29,34). The van der Waals surface area contributed by atoms with Crippen molar-refractivity contribution in [3.8, 4) is 0 Å². The van der Waals surface area contributed by atoms with Gasteiger partial charge in [0.15, 0.2) is 0 Å². The van der Waals surface area contributed by atoms with E-state index in [2.05, 4.69) is 15.6 Å². The Kier molecular flexibility index (Phi) is 7.27. The number of carbonyl (C=O) groups is 2. The lowest BCUT2D eigenvalue weighted by Crippen LogP contribution is -2.54. The van der Waals surface area contributed by atoms with Crippen LogP contribution in [0.3, 0.4) is 0 Å². The van der Waals surface area contributed by atoms with Crippen molar-refractivity contribution in [2.45, 2.75) is 56.4 Å². The van der Waals surface area contributed by atoms with Gasteiger partial charge in [-0.05, 0) is 48.6 Å². The number of hydrogen-bond donors (Lipinski definition) is 1. The molecule has 0 saturated carbocycles. The molecule has 6 rings (SSSR count). The number of rotatable bonds is 8. The normalized spacial score (nSPS) is 24.3. The molecule has 3 fully saturated rings. The van der Waals surface area contributed by atoms with E-state index in [0.29, 0.717) is 37.0 Å². The van der Waals surface area contributed by atoms with E-state index in [1.165, 1.54) is 11.3 Å². The van der Waals surface area contributed by atoms with Gasteiger partial charge in [-0.3, -0.25) is 9.59 Å². The molecule has 3 atom stereocenters. The molecule has 0 radical (unpaired) electrons. The number of amides is 2. The van der Waals surface area contributed by atoms with Crippen LogP contribution in [0.5, 0.6) is 0 Å². The molecule has 5 heterocycles. The Morgan fingerprint density at radius 3 is 2.79 bits per heavy atom. The number of carbonyl (C=O) groups excluding carboxylic acids is 2. The Hall–Kier alpha value is -3.08. The van der Waals surface area contributed by atoms with E-state index in [1.54, 1.807) is 6.07 Å². The molecule has 1 N–H and O–H groups in total. The van der Waals surface area contributed by atoms with Crippen LogP contribution in [-0.2, 0) is 27.2 Å². The van der Waals surface area contributed by atoms with Gasteiger partial charge in [0.1, 0.15) is 6.04 Å². The number of likely N-dealkylation sites (tertiary alicyclic amines) is 1. The molecule has 3 aliphatic rings. The lowest BCUT2D eigenvalue weighted by Gasteiger charge is -2.41. The van der Waals surface area contributed by atoms with Crippen LogP contribution in [0.15, 0.2) is 54.0 Å². The van der Waals surface area contributed by atoms with E-state index in [0.717, 1.165) is 50.0 Å². The van der Waals surface area contributed by atoms with Crippen molar-refractivity contribution in [3.63, 3.8) is 0 Å². The Morgan fingerprint density at radius 2 is 2.03 bits per heavy atom. The van der Waals surface area contributed by atoms with Gasteiger partial charge in [0.05, 0.1) is 35.4 Å². The Bertz CT molecular complexity index is 1240. The molecular formula is C28H33N5O4S. The van der Waals surface area contributed by atoms with Gasteiger partial charge in [-0.2, -0.15) is 0 Å². The summed E-state index contributed by atoms with van der Waals surface area (Å²) in [6, 6.07) is 12.3. The fourth-order valence-corrected chi connectivity index (χ4v) is 6.39. The maximum atomic E-state index is 13.4. The van der Waals surface area contributed by atoms with Gasteiger partial charge in [-0.25, -0.2) is 4.68 Å². The summed E-state index contributed by atoms with van der Waals surface area (Å²) in [5.41, 5.74) is 1.61. The minimum absolute atomic E-state index is 0.0831. The van der Waals surface area contributed by atoms with Crippen LogP contribution >= 0.6 is 11.3 Å². The van der Waals surface area contributed by atoms with Crippen LogP contribution in [-0.4, -0.2) is 69.7 Å². The summed E-state index contributed by atoms with van der Waals surface area (Å²) in [5, 5.41) is 13.5. The molecule has 10 heteroatoms. The molecule has 3 aliphatic heterocycles. The predicted molar refractivity (Wildman–Crippen MR) is 142 cm³/mol. The number of benzene rings is 1. The van der Waals surface area contributed by atoms with Crippen molar-refractivity contribution >= 4 is 23.2 Å². The summed E-state index contributed by atoms with van der Waals surface area (Å²) < 4.78 is 13.9. The van der Waals surface area contributed by atoms with Gasteiger partial charge < -0.3 is 19.7 Å². The Labute approximate surface area is 226 Å². The first-order valence-electron chi connectivity index (χ1n) is 13.4. The zero-order valence-electron chi connectivity index (χ0n) is 21.3.